The number of nitrogens with one attached hydrogen (secondary N) is 2. The fraction of sp³-hybridized carbons (Fsp3) is 0.444. The van der Waals surface area contributed by atoms with Crippen LogP contribution in [0.4, 0.5) is 5.00 Å². The third-order valence-corrected chi connectivity index (χ3v) is 5.45. The summed E-state index contributed by atoms with van der Waals surface area (Å²) in [6, 6.07) is 1.44. The zero-order chi connectivity index (χ0) is 12.3. The molecule has 1 aliphatic heterocycles. The number of nitrogens with zero attached hydrogens (tertiary/aromatic N) is 1. The van der Waals surface area contributed by atoms with Gasteiger partial charge in [-0.05, 0) is 25.8 Å². The van der Waals surface area contributed by atoms with Crippen LogP contribution in [0.1, 0.15) is 19.8 Å². The SMILES string of the molecule is CC1(N=C2Nc3sc(Cl)cc3S(=O)(=O)N2)CC1. The zero-order valence-corrected chi connectivity index (χ0v) is 11.3. The molecule has 0 aromatic carbocycles. The molecule has 2 N–H and O–H groups in total. The lowest BCUT2D eigenvalue weighted by molar-refractivity contribution is 0.591. The van der Waals surface area contributed by atoms with E-state index in [0.29, 0.717) is 9.34 Å². The summed E-state index contributed by atoms with van der Waals surface area (Å²) in [6.07, 6.45) is 1.97. The fourth-order valence-electron chi connectivity index (χ4n) is 1.56. The second kappa shape index (κ2) is 3.37. The van der Waals surface area contributed by atoms with Gasteiger partial charge in [0.1, 0.15) is 9.90 Å². The molecule has 1 aromatic heterocycles. The van der Waals surface area contributed by atoms with Crippen molar-refractivity contribution in [1.82, 2.24) is 4.72 Å². The van der Waals surface area contributed by atoms with Gasteiger partial charge in [-0.15, -0.1) is 11.3 Å². The number of fused-ring (bicyclic) bond motifs is 1. The van der Waals surface area contributed by atoms with E-state index in [-0.39, 0.29) is 16.4 Å². The predicted molar refractivity (Wildman–Crippen MR) is 68.3 cm³/mol. The number of guanidine groups is 1. The van der Waals surface area contributed by atoms with E-state index in [1.807, 2.05) is 6.92 Å². The Morgan fingerprint density at radius 3 is 2.88 bits per heavy atom. The Morgan fingerprint density at radius 2 is 2.24 bits per heavy atom. The van der Waals surface area contributed by atoms with Crippen molar-refractivity contribution < 1.29 is 8.42 Å². The number of thiophene rings is 1. The molecule has 1 aliphatic carbocycles. The first kappa shape index (κ1) is 11.3. The molecule has 5 nitrogen and oxygen atoms in total. The van der Waals surface area contributed by atoms with Gasteiger partial charge in [-0.25, -0.2) is 18.1 Å². The normalized spacial score (nSPS) is 25.9. The number of rotatable bonds is 1. The lowest BCUT2D eigenvalue weighted by Gasteiger charge is -2.19. The molecule has 2 aliphatic rings. The summed E-state index contributed by atoms with van der Waals surface area (Å²) in [4.78, 5) is 4.55. The van der Waals surface area contributed by atoms with E-state index in [2.05, 4.69) is 15.0 Å². The van der Waals surface area contributed by atoms with Crippen LogP contribution in [-0.2, 0) is 10.0 Å². The molecule has 0 unspecified atom stereocenters. The highest BCUT2D eigenvalue weighted by Gasteiger charge is 2.39. The van der Waals surface area contributed by atoms with Crippen LogP contribution in [0.2, 0.25) is 4.34 Å². The Bertz CT molecular complexity index is 616. The first-order valence-corrected chi connectivity index (χ1v) is 7.75. The van der Waals surface area contributed by atoms with Crippen LogP contribution in [0.15, 0.2) is 16.0 Å². The third kappa shape index (κ3) is 2.02. The molecular formula is C9H10ClN3O2S2. The number of sulfonamides is 1. The van der Waals surface area contributed by atoms with Gasteiger partial charge < -0.3 is 5.32 Å². The smallest absolute Gasteiger partial charge is 0.267 e. The number of halogens is 1. The minimum atomic E-state index is -3.53. The highest BCUT2D eigenvalue weighted by Crippen LogP contribution is 2.40. The van der Waals surface area contributed by atoms with Gasteiger partial charge >= 0.3 is 0 Å². The van der Waals surface area contributed by atoms with Crippen LogP contribution in [0.25, 0.3) is 0 Å². The topological polar surface area (TPSA) is 70.6 Å². The Labute approximate surface area is 108 Å². The van der Waals surface area contributed by atoms with Crippen LogP contribution < -0.4 is 10.0 Å². The molecule has 92 valence electrons. The van der Waals surface area contributed by atoms with E-state index in [4.69, 9.17) is 11.6 Å². The minimum absolute atomic E-state index is 0.122. The van der Waals surface area contributed by atoms with Crippen molar-refractivity contribution in [1.29, 1.82) is 0 Å². The highest BCUT2D eigenvalue weighted by molar-refractivity contribution is 7.90. The number of hydrogen-bond acceptors (Lipinski definition) is 4. The van der Waals surface area contributed by atoms with Crippen molar-refractivity contribution in [3.63, 3.8) is 0 Å². The standard InChI is InChI=1S/C9H10ClN3O2S2/c1-9(2-3-9)12-8-11-7-5(4-6(10)16-7)17(14,15)13-8/h4H,2-3H2,1H3,(H2,11,12,13). The maximum Gasteiger partial charge on any atom is 0.267 e. The fourth-order valence-corrected chi connectivity index (χ4v) is 4.20. The number of aliphatic imine (C=N–C) groups is 1. The zero-order valence-electron chi connectivity index (χ0n) is 8.95. The van der Waals surface area contributed by atoms with Crippen molar-refractivity contribution >= 4 is 43.9 Å². The number of anilines is 1. The Kier molecular flexibility index (Phi) is 2.24. The average molecular weight is 292 g/mol. The van der Waals surface area contributed by atoms with Crippen molar-refractivity contribution in [3.8, 4) is 0 Å². The maximum absolute atomic E-state index is 11.9. The molecule has 1 aromatic rings. The second-order valence-corrected chi connectivity index (χ2v) is 7.77. The van der Waals surface area contributed by atoms with Gasteiger partial charge in [-0.2, -0.15) is 0 Å². The van der Waals surface area contributed by atoms with Crippen molar-refractivity contribution in [2.75, 3.05) is 5.32 Å². The van der Waals surface area contributed by atoms with Gasteiger partial charge in [0.25, 0.3) is 10.0 Å². The van der Waals surface area contributed by atoms with Gasteiger partial charge in [0, 0.05) is 0 Å². The summed E-state index contributed by atoms with van der Waals surface area (Å²) in [7, 11) is -3.53. The third-order valence-electron chi connectivity index (χ3n) is 2.78. The summed E-state index contributed by atoms with van der Waals surface area (Å²) in [5, 5.41) is 3.49. The summed E-state index contributed by atoms with van der Waals surface area (Å²) in [5.74, 6) is 0.288. The average Bonchev–Trinajstić information content (AvgIpc) is 2.75. The van der Waals surface area contributed by atoms with E-state index in [1.165, 1.54) is 17.4 Å². The van der Waals surface area contributed by atoms with E-state index in [1.54, 1.807) is 0 Å². The second-order valence-electron chi connectivity index (χ2n) is 4.43. The molecule has 1 fully saturated rings. The summed E-state index contributed by atoms with van der Waals surface area (Å²) in [5.41, 5.74) is -0.122. The summed E-state index contributed by atoms with van der Waals surface area (Å²) in [6.45, 7) is 1.99. The summed E-state index contributed by atoms with van der Waals surface area (Å²) >= 11 is 7.01. The van der Waals surface area contributed by atoms with Crippen LogP contribution in [-0.4, -0.2) is 19.9 Å². The van der Waals surface area contributed by atoms with E-state index in [9.17, 15) is 8.42 Å². The van der Waals surface area contributed by atoms with Gasteiger partial charge in [0.05, 0.1) is 9.88 Å². The van der Waals surface area contributed by atoms with E-state index >= 15 is 0 Å². The molecule has 0 atom stereocenters. The van der Waals surface area contributed by atoms with E-state index in [0.717, 1.165) is 12.8 Å². The Hall–Kier alpha value is -0.790. The first-order chi connectivity index (χ1) is 7.88. The van der Waals surface area contributed by atoms with Crippen molar-refractivity contribution in [3.05, 3.63) is 10.4 Å². The predicted octanol–water partition coefficient (Wildman–Crippen LogP) is 2.01. The van der Waals surface area contributed by atoms with Crippen LogP contribution in [0.5, 0.6) is 0 Å². The van der Waals surface area contributed by atoms with Gasteiger partial charge in [0.2, 0.25) is 5.96 Å². The Balaban J connectivity index is 2.04. The number of hydrogen-bond donors (Lipinski definition) is 2. The molecule has 1 saturated carbocycles. The van der Waals surface area contributed by atoms with Crippen LogP contribution in [0.3, 0.4) is 0 Å². The molecule has 2 heterocycles. The van der Waals surface area contributed by atoms with Crippen LogP contribution in [0, 0.1) is 0 Å². The molecule has 0 spiro atoms. The minimum Gasteiger partial charge on any atom is -0.316 e. The molecule has 8 heteroatoms. The molecule has 0 saturated heterocycles. The molecule has 17 heavy (non-hydrogen) atoms. The molecule has 0 bridgehead atoms. The monoisotopic (exact) mass is 291 g/mol. The summed E-state index contributed by atoms with van der Waals surface area (Å²) < 4.78 is 26.7. The molecule has 0 amide bonds. The lowest BCUT2D eigenvalue weighted by Crippen LogP contribution is -2.40. The highest BCUT2D eigenvalue weighted by atomic mass is 35.5. The van der Waals surface area contributed by atoms with Gasteiger partial charge in [-0.1, -0.05) is 11.6 Å². The first-order valence-electron chi connectivity index (χ1n) is 5.07. The van der Waals surface area contributed by atoms with Crippen LogP contribution >= 0.6 is 22.9 Å². The Morgan fingerprint density at radius 1 is 1.53 bits per heavy atom. The van der Waals surface area contributed by atoms with E-state index < -0.39 is 10.0 Å². The van der Waals surface area contributed by atoms with Gasteiger partial charge in [-0.3, -0.25) is 0 Å². The van der Waals surface area contributed by atoms with Crippen molar-refractivity contribution in [2.24, 2.45) is 4.99 Å². The lowest BCUT2D eigenvalue weighted by atomic mass is 10.3. The van der Waals surface area contributed by atoms with Gasteiger partial charge in [0.15, 0.2) is 0 Å². The van der Waals surface area contributed by atoms with Crippen molar-refractivity contribution in [2.45, 2.75) is 30.2 Å². The largest absolute Gasteiger partial charge is 0.316 e. The molecular weight excluding hydrogens is 282 g/mol. The maximum atomic E-state index is 11.9. The molecule has 3 rings (SSSR count). The molecule has 0 radical (unpaired) electrons. The quantitative estimate of drug-likeness (QED) is 0.831.